The summed E-state index contributed by atoms with van der Waals surface area (Å²) in [6.45, 7) is 9.73. The Balaban J connectivity index is 2.29. The lowest BCUT2D eigenvalue weighted by Gasteiger charge is -2.41. The Bertz CT molecular complexity index is 459. The van der Waals surface area contributed by atoms with E-state index in [1.807, 2.05) is 13.8 Å². The Hall–Kier alpha value is -0.0500. The lowest BCUT2D eigenvalue weighted by molar-refractivity contribution is -0.285. The summed E-state index contributed by atoms with van der Waals surface area (Å²) < 4.78 is 33.7. The van der Waals surface area contributed by atoms with Crippen molar-refractivity contribution in [1.82, 2.24) is 0 Å². The molecule has 27 heavy (non-hydrogen) atoms. The van der Waals surface area contributed by atoms with Crippen molar-refractivity contribution in [1.29, 1.82) is 0 Å². The Labute approximate surface area is 162 Å². The predicted octanol–water partition coefficient (Wildman–Crippen LogP) is 2.29. The van der Waals surface area contributed by atoms with Gasteiger partial charge in [0.05, 0.1) is 31.1 Å². The molecule has 0 aliphatic carbocycles. The van der Waals surface area contributed by atoms with Gasteiger partial charge in [0.25, 0.3) is 0 Å². The van der Waals surface area contributed by atoms with E-state index < -0.39 is 37.9 Å². The molecule has 1 aliphatic heterocycles. The molecule has 3 N–H and O–H groups in total. The van der Waals surface area contributed by atoms with E-state index in [2.05, 4.69) is 0 Å². The average Bonchev–Trinajstić information content (AvgIpc) is 2.59. The van der Waals surface area contributed by atoms with Gasteiger partial charge >= 0.3 is 7.60 Å². The van der Waals surface area contributed by atoms with Crippen LogP contribution in [0, 0.1) is 5.92 Å². The van der Waals surface area contributed by atoms with E-state index in [9.17, 15) is 19.7 Å². The third kappa shape index (κ3) is 8.46. The van der Waals surface area contributed by atoms with E-state index in [0.717, 1.165) is 12.8 Å². The van der Waals surface area contributed by atoms with E-state index in [4.69, 9.17) is 18.7 Å². The molecule has 0 aromatic rings. The Morgan fingerprint density at radius 1 is 1.04 bits per heavy atom. The van der Waals surface area contributed by atoms with Gasteiger partial charge in [-0.25, -0.2) is 0 Å². The minimum absolute atomic E-state index is 0.00352. The van der Waals surface area contributed by atoms with Gasteiger partial charge in [0.2, 0.25) is 0 Å². The SMILES string of the molecule is CC(C)OCC1OC(OCCCCCOP(=O)(O)C(C)C)C(C)C(O)C1O. The van der Waals surface area contributed by atoms with Crippen LogP contribution in [0.1, 0.15) is 53.9 Å². The van der Waals surface area contributed by atoms with Crippen LogP contribution in [0.4, 0.5) is 0 Å². The van der Waals surface area contributed by atoms with E-state index in [1.54, 1.807) is 20.8 Å². The molecule has 0 amide bonds. The quantitative estimate of drug-likeness (QED) is 0.330. The normalized spacial score (nSPS) is 31.4. The van der Waals surface area contributed by atoms with E-state index in [0.29, 0.717) is 13.0 Å². The maximum atomic E-state index is 11.7. The van der Waals surface area contributed by atoms with Crippen LogP contribution in [0.3, 0.4) is 0 Å². The average molecular weight is 412 g/mol. The highest BCUT2D eigenvalue weighted by molar-refractivity contribution is 7.53. The summed E-state index contributed by atoms with van der Waals surface area (Å²) in [4.78, 5) is 9.58. The van der Waals surface area contributed by atoms with Crippen LogP contribution < -0.4 is 0 Å². The zero-order valence-corrected chi connectivity index (χ0v) is 18.0. The van der Waals surface area contributed by atoms with Gasteiger partial charge in [0.1, 0.15) is 12.2 Å². The molecule has 0 aromatic carbocycles. The second-order valence-corrected chi connectivity index (χ2v) is 10.1. The third-order valence-electron chi connectivity index (χ3n) is 4.60. The van der Waals surface area contributed by atoms with Crippen LogP contribution in [-0.4, -0.2) is 71.3 Å². The minimum atomic E-state index is -3.50. The highest BCUT2D eigenvalue weighted by Crippen LogP contribution is 2.47. The van der Waals surface area contributed by atoms with Crippen molar-refractivity contribution < 1.29 is 38.4 Å². The number of hydrogen-bond donors (Lipinski definition) is 3. The van der Waals surface area contributed by atoms with Gasteiger partial charge in [-0.15, -0.1) is 0 Å². The van der Waals surface area contributed by atoms with E-state index >= 15 is 0 Å². The lowest BCUT2D eigenvalue weighted by Crippen LogP contribution is -2.55. The summed E-state index contributed by atoms with van der Waals surface area (Å²) in [7, 11) is -3.50. The van der Waals surface area contributed by atoms with Crippen LogP contribution in [-0.2, 0) is 23.3 Å². The molecular formula is C18H37O8P. The van der Waals surface area contributed by atoms with Crippen LogP contribution in [0.25, 0.3) is 0 Å². The van der Waals surface area contributed by atoms with Gasteiger partial charge in [-0.05, 0) is 33.1 Å². The monoisotopic (exact) mass is 412 g/mol. The molecule has 8 nitrogen and oxygen atoms in total. The molecule has 0 saturated carbocycles. The first-order chi connectivity index (χ1) is 12.6. The first-order valence-corrected chi connectivity index (χ1v) is 11.4. The van der Waals surface area contributed by atoms with Crippen molar-refractivity contribution >= 4 is 7.60 Å². The fourth-order valence-corrected chi connectivity index (χ4v) is 3.30. The summed E-state index contributed by atoms with van der Waals surface area (Å²) in [6.07, 6.45) is -1.01. The van der Waals surface area contributed by atoms with Crippen LogP contribution in [0.2, 0.25) is 0 Å². The highest BCUT2D eigenvalue weighted by atomic mass is 31.2. The maximum absolute atomic E-state index is 11.7. The number of aliphatic hydroxyl groups excluding tert-OH is 2. The predicted molar refractivity (Wildman–Crippen MR) is 102 cm³/mol. The summed E-state index contributed by atoms with van der Waals surface area (Å²) in [5.74, 6) is -0.357. The summed E-state index contributed by atoms with van der Waals surface area (Å²) in [5.41, 5.74) is -0.403. The molecule has 9 heteroatoms. The zero-order valence-electron chi connectivity index (χ0n) is 17.1. The first-order valence-electron chi connectivity index (χ1n) is 9.78. The molecule has 0 spiro atoms. The van der Waals surface area contributed by atoms with Crippen LogP contribution in [0.5, 0.6) is 0 Å². The summed E-state index contributed by atoms with van der Waals surface area (Å²) >= 11 is 0. The molecule has 6 atom stereocenters. The topological polar surface area (TPSA) is 115 Å². The van der Waals surface area contributed by atoms with Crippen molar-refractivity contribution in [3.8, 4) is 0 Å². The van der Waals surface area contributed by atoms with Crippen molar-refractivity contribution in [2.24, 2.45) is 5.92 Å². The van der Waals surface area contributed by atoms with Gasteiger partial charge in [0, 0.05) is 12.5 Å². The van der Waals surface area contributed by atoms with Crippen LogP contribution >= 0.6 is 7.60 Å². The second-order valence-electron chi connectivity index (χ2n) is 7.69. The Kier molecular flexibility index (Phi) is 10.9. The van der Waals surface area contributed by atoms with E-state index in [-0.39, 0.29) is 25.2 Å². The van der Waals surface area contributed by atoms with Gasteiger partial charge < -0.3 is 33.8 Å². The van der Waals surface area contributed by atoms with Gasteiger partial charge in [0.15, 0.2) is 6.29 Å². The molecule has 0 aromatic heterocycles. The summed E-state index contributed by atoms with van der Waals surface area (Å²) in [5, 5.41) is 20.4. The Morgan fingerprint density at radius 2 is 1.67 bits per heavy atom. The molecular weight excluding hydrogens is 375 g/mol. The van der Waals surface area contributed by atoms with E-state index in [1.165, 1.54) is 0 Å². The fourth-order valence-electron chi connectivity index (χ4n) is 2.61. The van der Waals surface area contributed by atoms with Crippen molar-refractivity contribution in [2.75, 3.05) is 19.8 Å². The number of aliphatic hydroxyl groups is 2. The van der Waals surface area contributed by atoms with Crippen LogP contribution in [0.15, 0.2) is 0 Å². The Morgan fingerprint density at radius 3 is 2.26 bits per heavy atom. The van der Waals surface area contributed by atoms with Crippen molar-refractivity contribution in [2.45, 2.75) is 90.2 Å². The maximum Gasteiger partial charge on any atom is 0.330 e. The molecule has 1 rings (SSSR count). The molecule has 1 heterocycles. The largest absolute Gasteiger partial charge is 0.390 e. The number of hydrogen-bond acceptors (Lipinski definition) is 7. The fraction of sp³-hybridized carbons (Fsp3) is 1.00. The summed E-state index contributed by atoms with van der Waals surface area (Å²) in [6, 6.07) is 0. The van der Waals surface area contributed by atoms with Gasteiger partial charge in [-0.1, -0.05) is 20.8 Å². The number of rotatable bonds is 12. The third-order valence-corrected chi connectivity index (χ3v) is 6.46. The smallest absolute Gasteiger partial charge is 0.330 e. The zero-order chi connectivity index (χ0) is 20.6. The molecule has 0 radical (unpaired) electrons. The number of unbranched alkanes of at least 4 members (excludes halogenated alkanes) is 2. The van der Waals surface area contributed by atoms with Gasteiger partial charge in [-0.3, -0.25) is 4.57 Å². The molecule has 1 saturated heterocycles. The van der Waals surface area contributed by atoms with Crippen molar-refractivity contribution in [3.05, 3.63) is 0 Å². The highest BCUT2D eigenvalue weighted by Gasteiger charge is 2.42. The molecule has 1 fully saturated rings. The molecule has 0 bridgehead atoms. The molecule has 162 valence electrons. The van der Waals surface area contributed by atoms with Gasteiger partial charge in [-0.2, -0.15) is 0 Å². The first kappa shape index (κ1) is 25.0. The lowest BCUT2D eigenvalue weighted by atomic mass is 9.92. The second kappa shape index (κ2) is 11.8. The standard InChI is InChI=1S/C18H37O8P/c1-12(2)24-11-15-17(20)16(19)14(5)18(26-15)23-9-7-6-8-10-25-27(21,22)13(3)4/h12-20H,6-11H2,1-5H3,(H,21,22). The minimum Gasteiger partial charge on any atom is -0.390 e. The van der Waals surface area contributed by atoms with Crippen molar-refractivity contribution in [3.63, 3.8) is 0 Å². The molecule has 1 aliphatic rings. The number of ether oxygens (including phenoxy) is 3. The molecule has 6 unspecified atom stereocenters.